The SMILES string of the molecule is CN1CCOC(CNc2cncc(Br)c2)C1. The molecule has 1 aliphatic rings. The number of nitrogens with one attached hydrogen (secondary N) is 1. The molecule has 1 atom stereocenters. The number of anilines is 1. The summed E-state index contributed by atoms with van der Waals surface area (Å²) in [5.74, 6) is 0. The molecule has 1 saturated heterocycles. The molecule has 1 aliphatic heterocycles. The normalized spacial score (nSPS) is 22.0. The lowest BCUT2D eigenvalue weighted by molar-refractivity contribution is -0.0117. The van der Waals surface area contributed by atoms with Gasteiger partial charge in [-0.3, -0.25) is 4.98 Å². The van der Waals surface area contributed by atoms with Crippen LogP contribution in [0.25, 0.3) is 0 Å². The van der Waals surface area contributed by atoms with E-state index in [-0.39, 0.29) is 6.10 Å². The van der Waals surface area contributed by atoms with Crippen LogP contribution in [0.15, 0.2) is 22.9 Å². The lowest BCUT2D eigenvalue weighted by Crippen LogP contribution is -2.43. The van der Waals surface area contributed by atoms with Gasteiger partial charge in [0.25, 0.3) is 0 Å². The van der Waals surface area contributed by atoms with Crippen LogP contribution in [0.3, 0.4) is 0 Å². The van der Waals surface area contributed by atoms with Gasteiger partial charge in [-0.1, -0.05) is 0 Å². The molecule has 1 aromatic heterocycles. The Labute approximate surface area is 104 Å². The van der Waals surface area contributed by atoms with Gasteiger partial charge in [0.2, 0.25) is 0 Å². The van der Waals surface area contributed by atoms with Crippen LogP contribution in [0, 0.1) is 0 Å². The molecular formula is C11H16BrN3O. The predicted molar refractivity (Wildman–Crippen MR) is 67.7 cm³/mol. The monoisotopic (exact) mass is 285 g/mol. The smallest absolute Gasteiger partial charge is 0.0874 e. The highest BCUT2D eigenvalue weighted by Crippen LogP contribution is 2.14. The lowest BCUT2D eigenvalue weighted by Gasteiger charge is -2.30. The summed E-state index contributed by atoms with van der Waals surface area (Å²) in [6, 6.07) is 2.01. The zero-order valence-electron chi connectivity index (χ0n) is 9.32. The maximum atomic E-state index is 5.66. The van der Waals surface area contributed by atoms with Crippen molar-refractivity contribution in [3.63, 3.8) is 0 Å². The zero-order valence-corrected chi connectivity index (χ0v) is 10.9. The van der Waals surface area contributed by atoms with E-state index in [0.29, 0.717) is 0 Å². The van der Waals surface area contributed by atoms with Gasteiger partial charge in [-0.25, -0.2) is 0 Å². The number of ether oxygens (including phenoxy) is 1. The number of aromatic nitrogens is 1. The lowest BCUT2D eigenvalue weighted by atomic mass is 10.2. The van der Waals surface area contributed by atoms with Crippen molar-refractivity contribution in [1.29, 1.82) is 0 Å². The molecular weight excluding hydrogens is 270 g/mol. The molecule has 88 valence electrons. The van der Waals surface area contributed by atoms with E-state index in [9.17, 15) is 0 Å². The largest absolute Gasteiger partial charge is 0.381 e. The molecule has 0 aromatic carbocycles. The quantitative estimate of drug-likeness (QED) is 0.915. The van der Waals surface area contributed by atoms with Crippen LogP contribution in [0.4, 0.5) is 5.69 Å². The van der Waals surface area contributed by atoms with Crippen molar-refractivity contribution in [3.8, 4) is 0 Å². The topological polar surface area (TPSA) is 37.4 Å². The van der Waals surface area contributed by atoms with E-state index in [4.69, 9.17) is 4.74 Å². The minimum absolute atomic E-state index is 0.262. The number of hydrogen-bond donors (Lipinski definition) is 1. The van der Waals surface area contributed by atoms with Gasteiger partial charge in [-0.05, 0) is 29.0 Å². The maximum absolute atomic E-state index is 5.66. The number of morpholine rings is 1. The van der Waals surface area contributed by atoms with Crippen LogP contribution in [-0.2, 0) is 4.74 Å². The van der Waals surface area contributed by atoms with Gasteiger partial charge in [0.15, 0.2) is 0 Å². The first-order valence-corrected chi connectivity index (χ1v) is 6.18. The molecule has 16 heavy (non-hydrogen) atoms. The Kier molecular flexibility index (Phi) is 4.15. The summed E-state index contributed by atoms with van der Waals surface area (Å²) in [6.07, 6.45) is 3.85. The third kappa shape index (κ3) is 3.43. The molecule has 4 nitrogen and oxygen atoms in total. The first-order chi connectivity index (χ1) is 7.74. The van der Waals surface area contributed by atoms with Crippen molar-refractivity contribution in [2.45, 2.75) is 6.10 Å². The summed E-state index contributed by atoms with van der Waals surface area (Å²) in [6.45, 7) is 3.64. The van der Waals surface area contributed by atoms with Crippen molar-refractivity contribution >= 4 is 21.6 Å². The van der Waals surface area contributed by atoms with Crippen LogP contribution in [-0.4, -0.2) is 49.3 Å². The van der Waals surface area contributed by atoms with Gasteiger partial charge >= 0.3 is 0 Å². The number of likely N-dealkylation sites (N-methyl/N-ethyl adjacent to an activating group) is 1. The van der Waals surface area contributed by atoms with E-state index in [1.807, 2.05) is 12.3 Å². The molecule has 1 N–H and O–H groups in total. The summed E-state index contributed by atoms with van der Waals surface area (Å²) < 4.78 is 6.65. The number of nitrogens with zero attached hydrogens (tertiary/aromatic N) is 2. The van der Waals surface area contributed by atoms with E-state index in [2.05, 4.69) is 38.2 Å². The van der Waals surface area contributed by atoms with Crippen molar-refractivity contribution in [3.05, 3.63) is 22.9 Å². The molecule has 2 rings (SSSR count). The minimum atomic E-state index is 0.262. The molecule has 0 spiro atoms. The van der Waals surface area contributed by atoms with Gasteiger partial charge in [0.1, 0.15) is 0 Å². The van der Waals surface area contributed by atoms with Crippen LogP contribution >= 0.6 is 15.9 Å². The molecule has 1 unspecified atom stereocenters. The van der Waals surface area contributed by atoms with Crippen molar-refractivity contribution < 1.29 is 4.74 Å². The molecule has 0 radical (unpaired) electrons. The van der Waals surface area contributed by atoms with Gasteiger partial charge < -0.3 is 15.0 Å². The Morgan fingerprint density at radius 3 is 3.25 bits per heavy atom. The first-order valence-electron chi connectivity index (χ1n) is 5.38. The van der Waals surface area contributed by atoms with Gasteiger partial charge in [-0.2, -0.15) is 0 Å². The van der Waals surface area contributed by atoms with Crippen LogP contribution in [0.2, 0.25) is 0 Å². The summed E-state index contributed by atoms with van der Waals surface area (Å²) >= 11 is 3.40. The van der Waals surface area contributed by atoms with Gasteiger partial charge in [0.05, 0.1) is 24.6 Å². The minimum Gasteiger partial charge on any atom is -0.381 e. The average Bonchev–Trinajstić information content (AvgIpc) is 2.27. The number of pyridine rings is 1. The second-order valence-electron chi connectivity index (χ2n) is 4.03. The molecule has 0 amide bonds. The fraction of sp³-hybridized carbons (Fsp3) is 0.545. The number of rotatable bonds is 3. The molecule has 5 heteroatoms. The fourth-order valence-electron chi connectivity index (χ4n) is 1.73. The standard InChI is InChI=1S/C11H16BrN3O/c1-15-2-3-16-11(8-15)7-14-10-4-9(12)5-13-6-10/h4-6,11,14H,2-3,7-8H2,1H3. The summed E-state index contributed by atoms with van der Waals surface area (Å²) in [5, 5.41) is 3.33. The Hall–Kier alpha value is -0.650. The summed E-state index contributed by atoms with van der Waals surface area (Å²) in [5.41, 5.74) is 1.02. The number of halogens is 1. The van der Waals surface area contributed by atoms with E-state index in [1.54, 1.807) is 6.20 Å². The Morgan fingerprint density at radius 1 is 1.62 bits per heavy atom. The van der Waals surface area contributed by atoms with Crippen LogP contribution in [0.1, 0.15) is 0 Å². The Morgan fingerprint density at radius 2 is 2.50 bits per heavy atom. The van der Waals surface area contributed by atoms with Crippen molar-refractivity contribution in [1.82, 2.24) is 9.88 Å². The summed E-state index contributed by atoms with van der Waals surface area (Å²) in [4.78, 5) is 6.39. The van der Waals surface area contributed by atoms with Crippen LogP contribution < -0.4 is 5.32 Å². The van der Waals surface area contributed by atoms with E-state index < -0.39 is 0 Å². The average molecular weight is 286 g/mol. The fourth-order valence-corrected chi connectivity index (χ4v) is 2.10. The van der Waals surface area contributed by atoms with E-state index in [1.165, 1.54) is 0 Å². The molecule has 1 aromatic rings. The molecule has 0 saturated carbocycles. The highest BCUT2D eigenvalue weighted by molar-refractivity contribution is 9.10. The third-order valence-electron chi connectivity index (χ3n) is 2.58. The summed E-state index contributed by atoms with van der Waals surface area (Å²) in [7, 11) is 2.12. The highest BCUT2D eigenvalue weighted by atomic mass is 79.9. The van der Waals surface area contributed by atoms with Crippen molar-refractivity contribution in [2.75, 3.05) is 38.6 Å². The predicted octanol–water partition coefficient (Wildman–Crippen LogP) is 1.59. The van der Waals surface area contributed by atoms with Gasteiger partial charge in [0, 0.05) is 30.3 Å². The highest BCUT2D eigenvalue weighted by Gasteiger charge is 2.16. The zero-order chi connectivity index (χ0) is 11.4. The molecule has 0 aliphatic carbocycles. The number of hydrogen-bond acceptors (Lipinski definition) is 4. The van der Waals surface area contributed by atoms with Crippen LogP contribution in [0.5, 0.6) is 0 Å². The van der Waals surface area contributed by atoms with E-state index >= 15 is 0 Å². The Bertz CT molecular complexity index is 348. The molecule has 2 heterocycles. The van der Waals surface area contributed by atoms with Gasteiger partial charge in [-0.15, -0.1) is 0 Å². The van der Waals surface area contributed by atoms with Crippen molar-refractivity contribution in [2.24, 2.45) is 0 Å². The second kappa shape index (κ2) is 5.61. The molecule has 0 bridgehead atoms. The second-order valence-corrected chi connectivity index (χ2v) is 4.94. The molecule has 1 fully saturated rings. The van der Waals surface area contributed by atoms with E-state index in [0.717, 1.165) is 36.4 Å². The Balaban J connectivity index is 1.82. The maximum Gasteiger partial charge on any atom is 0.0874 e. The first kappa shape index (κ1) is 11.8. The third-order valence-corrected chi connectivity index (χ3v) is 3.01.